The predicted molar refractivity (Wildman–Crippen MR) is 114 cm³/mol. The van der Waals surface area contributed by atoms with Crippen LogP contribution in [-0.2, 0) is 26.6 Å². The Morgan fingerprint density at radius 3 is 1.73 bits per heavy atom. The van der Waals surface area contributed by atoms with Crippen molar-refractivity contribution in [1.82, 2.24) is 4.72 Å². The summed E-state index contributed by atoms with van der Waals surface area (Å²) in [6.45, 7) is 10.7. The second-order valence-electron chi connectivity index (χ2n) is 5.27. The van der Waals surface area contributed by atoms with E-state index in [1.165, 1.54) is 0 Å². The van der Waals surface area contributed by atoms with Crippen molar-refractivity contribution in [2.24, 2.45) is 0 Å². The normalized spacial score (nSPS) is 14.0. The number of nitrogens with one attached hydrogen (secondary N) is 1. The molecule has 11 heteroatoms. The Kier molecular flexibility index (Phi) is 16.3. The first-order valence-corrected chi connectivity index (χ1v) is 15.1. The molecule has 1 unspecified atom stereocenters. The van der Waals surface area contributed by atoms with E-state index in [4.69, 9.17) is 26.6 Å². The van der Waals surface area contributed by atoms with Crippen LogP contribution < -0.4 is 4.72 Å². The minimum Gasteiger partial charge on any atom is -0.376 e. The molecule has 1 N–H and O–H groups in total. The van der Waals surface area contributed by atoms with Crippen molar-refractivity contribution in [2.45, 2.75) is 51.5 Å². The van der Waals surface area contributed by atoms with Crippen LogP contribution in [0.5, 0.6) is 0 Å². The van der Waals surface area contributed by atoms with Crippen molar-refractivity contribution < 1.29 is 26.6 Å². The standard InChI is InChI=1S/C15H37NO6S2Si2/c1-8-15(26(17-5,18-6)19-7)23-24-16-13-12-14-25(20-9-2,21-10-3)22-11-4/h15-16H,8-14H2,1-7H3. The summed E-state index contributed by atoms with van der Waals surface area (Å²) >= 11 is 0. The highest BCUT2D eigenvalue weighted by Crippen LogP contribution is 2.33. The molecule has 0 saturated carbocycles. The van der Waals surface area contributed by atoms with Gasteiger partial charge in [0, 0.05) is 53.7 Å². The number of hydrogen-bond acceptors (Lipinski definition) is 9. The topological polar surface area (TPSA) is 67.4 Å². The summed E-state index contributed by atoms with van der Waals surface area (Å²) in [5, 5.41) is 0. The quantitative estimate of drug-likeness (QED) is 0.147. The fraction of sp³-hybridized carbons (Fsp3) is 1.00. The van der Waals surface area contributed by atoms with Gasteiger partial charge in [0.1, 0.15) is 0 Å². The van der Waals surface area contributed by atoms with E-state index in [-0.39, 0.29) is 4.87 Å². The Hall–Kier alpha value is 0.854. The maximum atomic E-state index is 5.87. The number of rotatable bonds is 18. The minimum atomic E-state index is -2.63. The van der Waals surface area contributed by atoms with Gasteiger partial charge in [-0.25, -0.2) is 0 Å². The second kappa shape index (κ2) is 15.7. The second-order valence-corrected chi connectivity index (χ2v) is 13.8. The van der Waals surface area contributed by atoms with Gasteiger partial charge in [-0.2, -0.15) is 0 Å². The molecule has 0 aliphatic heterocycles. The summed E-state index contributed by atoms with van der Waals surface area (Å²) in [6.07, 6.45) is 1.84. The fourth-order valence-electron chi connectivity index (χ4n) is 2.53. The van der Waals surface area contributed by atoms with Crippen LogP contribution in [0.2, 0.25) is 6.04 Å². The molecule has 0 aromatic heterocycles. The maximum absolute atomic E-state index is 5.87. The van der Waals surface area contributed by atoms with E-state index in [9.17, 15) is 0 Å². The smallest absolute Gasteiger partial charge is 0.376 e. The van der Waals surface area contributed by atoms with Crippen LogP contribution >= 0.6 is 21.8 Å². The number of hydrogen-bond donors (Lipinski definition) is 1. The van der Waals surface area contributed by atoms with Gasteiger partial charge in [0.25, 0.3) is 0 Å². The molecule has 0 aromatic carbocycles. The van der Waals surface area contributed by atoms with Crippen LogP contribution in [0.4, 0.5) is 0 Å². The predicted octanol–water partition coefficient (Wildman–Crippen LogP) is 3.51. The third-order valence-corrected chi connectivity index (χ3v) is 13.8. The van der Waals surface area contributed by atoms with Crippen LogP contribution in [0.25, 0.3) is 0 Å². The van der Waals surface area contributed by atoms with E-state index in [0.29, 0.717) is 19.8 Å². The van der Waals surface area contributed by atoms with Crippen molar-refractivity contribution in [3.05, 3.63) is 0 Å². The van der Waals surface area contributed by atoms with E-state index < -0.39 is 17.6 Å². The molecular weight excluding hydrogens is 410 g/mol. The average molecular weight is 448 g/mol. The molecule has 0 bridgehead atoms. The van der Waals surface area contributed by atoms with Gasteiger partial charge < -0.3 is 26.6 Å². The lowest BCUT2D eigenvalue weighted by Gasteiger charge is -2.31. The summed E-state index contributed by atoms with van der Waals surface area (Å²) in [6, 6.07) is 0.810. The van der Waals surface area contributed by atoms with E-state index in [1.807, 2.05) is 20.8 Å². The van der Waals surface area contributed by atoms with Gasteiger partial charge in [0.05, 0.1) is 4.87 Å². The lowest BCUT2D eigenvalue weighted by Crippen LogP contribution is -2.52. The van der Waals surface area contributed by atoms with Crippen LogP contribution in [0.15, 0.2) is 0 Å². The van der Waals surface area contributed by atoms with Gasteiger partial charge in [-0.15, -0.1) is 0 Å². The summed E-state index contributed by atoms with van der Waals surface area (Å²) in [5.41, 5.74) is 0. The molecule has 0 aliphatic rings. The Morgan fingerprint density at radius 2 is 1.35 bits per heavy atom. The molecule has 26 heavy (non-hydrogen) atoms. The molecule has 158 valence electrons. The lowest BCUT2D eigenvalue weighted by atomic mass is 10.5. The zero-order valence-electron chi connectivity index (χ0n) is 17.3. The van der Waals surface area contributed by atoms with Crippen LogP contribution in [0.3, 0.4) is 0 Å². The molecule has 1 atom stereocenters. The Balaban J connectivity index is 4.34. The lowest BCUT2D eigenvalue weighted by molar-refractivity contribution is 0.0709. The van der Waals surface area contributed by atoms with Gasteiger partial charge in [-0.3, -0.25) is 4.72 Å². The van der Waals surface area contributed by atoms with Gasteiger partial charge in [-0.1, -0.05) is 17.7 Å². The van der Waals surface area contributed by atoms with Crippen LogP contribution in [0, 0.1) is 0 Å². The highest BCUT2D eigenvalue weighted by atomic mass is 33.1. The Morgan fingerprint density at radius 1 is 0.846 bits per heavy atom. The Labute approximate surface area is 169 Å². The first-order chi connectivity index (χ1) is 12.5. The molecule has 0 radical (unpaired) electrons. The van der Waals surface area contributed by atoms with Crippen molar-refractivity contribution in [2.75, 3.05) is 47.7 Å². The minimum absolute atomic E-state index is 0.170. The zero-order chi connectivity index (χ0) is 19.9. The average Bonchev–Trinajstić information content (AvgIpc) is 2.65. The first-order valence-electron chi connectivity index (χ1n) is 9.15. The summed E-state index contributed by atoms with van der Waals surface area (Å²) < 4.78 is 37.7. The van der Waals surface area contributed by atoms with E-state index in [0.717, 1.165) is 25.4 Å². The third kappa shape index (κ3) is 8.90. The summed E-state index contributed by atoms with van der Waals surface area (Å²) in [5.74, 6) is 0. The molecule has 0 heterocycles. The van der Waals surface area contributed by atoms with Gasteiger partial charge in [-0.05, 0) is 44.6 Å². The molecule has 0 amide bonds. The molecule has 0 spiro atoms. The molecule has 0 saturated heterocycles. The van der Waals surface area contributed by atoms with Crippen molar-refractivity contribution in [1.29, 1.82) is 0 Å². The monoisotopic (exact) mass is 447 g/mol. The SMILES string of the molecule is CCO[Si](CCCNSSC(CC)[Si](OC)(OC)OC)(OCC)OCC. The summed E-state index contributed by atoms with van der Waals surface area (Å²) in [4.78, 5) is 0.170. The highest BCUT2D eigenvalue weighted by Gasteiger charge is 2.47. The van der Waals surface area contributed by atoms with Crippen molar-refractivity contribution in [3.63, 3.8) is 0 Å². The molecule has 7 nitrogen and oxygen atoms in total. The molecular formula is C15H37NO6S2Si2. The highest BCUT2D eigenvalue weighted by molar-refractivity contribution is 8.76. The van der Waals surface area contributed by atoms with Crippen LogP contribution in [-0.4, -0.2) is 70.2 Å². The van der Waals surface area contributed by atoms with E-state index in [1.54, 1.807) is 43.1 Å². The third-order valence-electron chi connectivity index (χ3n) is 3.70. The molecule has 0 aliphatic carbocycles. The largest absolute Gasteiger partial charge is 0.514 e. The van der Waals surface area contributed by atoms with Gasteiger partial charge >= 0.3 is 17.6 Å². The summed E-state index contributed by atoms with van der Waals surface area (Å²) in [7, 11) is 3.09. The van der Waals surface area contributed by atoms with Crippen molar-refractivity contribution in [3.8, 4) is 0 Å². The van der Waals surface area contributed by atoms with E-state index in [2.05, 4.69) is 11.6 Å². The van der Waals surface area contributed by atoms with Crippen molar-refractivity contribution >= 4 is 39.4 Å². The Bertz CT molecular complexity index is 318. The maximum Gasteiger partial charge on any atom is 0.514 e. The van der Waals surface area contributed by atoms with Gasteiger partial charge in [0.15, 0.2) is 0 Å². The molecule has 0 fully saturated rings. The molecule has 0 rings (SSSR count). The molecule has 0 aromatic rings. The fourth-order valence-corrected chi connectivity index (χ4v) is 11.5. The van der Waals surface area contributed by atoms with Crippen LogP contribution in [0.1, 0.15) is 40.5 Å². The zero-order valence-corrected chi connectivity index (χ0v) is 20.9. The van der Waals surface area contributed by atoms with E-state index >= 15 is 0 Å². The van der Waals surface area contributed by atoms with Gasteiger partial charge in [0.2, 0.25) is 0 Å². The first kappa shape index (κ1) is 26.9.